The third-order valence-corrected chi connectivity index (χ3v) is 3.89. The highest BCUT2D eigenvalue weighted by Gasteiger charge is 2.41. The monoisotopic (exact) mass is 391 g/mol. The van der Waals surface area contributed by atoms with Crippen molar-refractivity contribution in [1.82, 2.24) is 4.90 Å². The van der Waals surface area contributed by atoms with Crippen LogP contribution in [0.1, 0.15) is 26.2 Å². The number of carbonyl (C=O) groups excluding carboxylic acids is 4. The van der Waals surface area contributed by atoms with E-state index in [-0.39, 0.29) is 44.3 Å². The van der Waals surface area contributed by atoms with Crippen LogP contribution in [-0.2, 0) is 33.2 Å². The Morgan fingerprint density at radius 2 is 1.83 bits per heavy atom. The van der Waals surface area contributed by atoms with Crippen LogP contribution in [0.25, 0.3) is 0 Å². The summed E-state index contributed by atoms with van der Waals surface area (Å²) in [5.41, 5.74) is 0. The third kappa shape index (κ3) is 7.13. The minimum absolute atomic E-state index is 0.0671. The van der Waals surface area contributed by atoms with Crippen LogP contribution >= 0.6 is 15.9 Å². The van der Waals surface area contributed by atoms with E-state index in [4.69, 9.17) is 14.0 Å². The summed E-state index contributed by atoms with van der Waals surface area (Å²) in [6, 6.07) is 0. The van der Waals surface area contributed by atoms with Gasteiger partial charge in [-0.3, -0.25) is 24.1 Å². The highest BCUT2D eigenvalue weighted by molar-refractivity contribution is 9.10. The fraction of sp³-hybridized carbons (Fsp3) is 0.692. The quantitative estimate of drug-likeness (QED) is 0.342. The molecular formula is C13H19BBrNO7. The van der Waals surface area contributed by atoms with Gasteiger partial charge in [-0.2, -0.15) is 0 Å². The Morgan fingerprint density at radius 3 is 2.35 bits per heavy atom. The Kier molecular flexibility index (Phi) is 8.25. The van der Waals surface area contributed by atoms with E-state index in [1.807, 2.05) is 0 Å². The van der Waals surface area contributed by atoms with Crippen molar-refractivity contribution in [2.75, 3.05) is 26.7 Å². The van der Waals surface area contributed by atoms with E-state index < -0.39 is 23.8 Å². The average molecular weight is 392 g/mol. The lowest BCUT2D eigenvalue weighted by Crippen LogP contribution is -2.48. The maximum atomic E-state index is 12.1. The molecule has 1 heterocycles. The Bertz CT molecular complexity index is 453. The number of hydrogen-bond donors (Lipinski definition) is 0. The number of ketones is 1. The van der Waals surface area contributed by atoms with Crippen molar-refractivity contribution in [3.8, 4) is 0 Å². The summed E-state index contributed by atoms with van der Waals surface area (Å²) in [7, 11) is 0.272. The maximum absolute atomic E-state index is 12.1. The Morgan fingerprint density at radius 1 is 1.26 bits per heavy atom. The molecule has 0 bridgehead atoms. The molecule has 1 aliphatic rings. The van der Waals surface area contributed by atoms with E-state index >= 15 is 0 Å². The van der Waals surface area contributed by atoms with Gasteiger partial charge in [0.2, 0.25) is 0 Å². The van der Waals surface area contributed by atoms with Crippen LogP contribution in [0.15, 0.2) is 0 Å². The lowest BCUT2D eigenvalue weighted by atomic mass is 9.80. The molecule has 0 aromatic heterocycles. The lowest BCUT2D eigenvalue weighted by molar-refractivity contribution is -0.146. The van der Waals surface area contributed by atoms with Gasteiger partial charge in [0, 0.05) is 12.8 Å². The highest BCUT2D eigenvalue weighted by Crippen LogP contribution is 2.15. The smallest absolute Gasteiger partial charge is 0.497 e. The average Bonchev–Trinajstić information content (AvgIpc) is 2.44. The van der Waals surface area contributed by atoms with Gasteiger partial charge in [0.1, 0.15) is 10.5 Å². The van der Waals surface area contributed by atoms with E-state index in [0.29, 0.717) is 6.42 Å². The molecule has 1 atom stereocenters. The molecule has 23 heavy (non-hydrogen) atoms. The highest BCUT2D eigenvalue weighted by atomic mass is 79.9. The van der Waals surface area contributed by atoms with Gasteiger partial charge in [0.25, 0.3) is 0 Å². The number of likely N-dealkylation sites (N-methyl/N-ethyl adjacent to an activating group) is 1. The Hall–Kier alpha value is -1.42. The molecular weight excluding hydrogens is 373 g/mol. The van der Waals surface area contributed by atoms with Crippen molar-refractivity contribution in [2.24, 2.45) is 0 Å². The zero-order valence-corrected chi connectivity index (χ0v) is 14.7. The number of esters is 1. The van der Waals surface area contributed by atoms with Crippen molar-refractivity contribution in [3.05, 3.63) is 0 Å². The van der Waals surface area contributed by atoms with Crippen LogP contribution in [0, 0.1) is 0 Å². The van der Waals surface area contributed by atoms with Crippen molar-refractivity contribution in [1.29, 1.82) is 0 Å². The molecule has 0 aromatic carbocycles. The number of hydrogen-bond acceptors (Lipinski definition) is 8. The van der Waals surface area contributed by atoms with E-state index in [0.717, 1.165) is 0 Å². The topological polar surface area (TPSA) is 99.2 Å². The van der Waals surface area contributed by atoms with Gasteiger partial charge in [-0.05, 0) is 20.4 Å². The summed E-state index contributed by atoms with van der Waals surface area (Å²) in [5.74, 6) is -1.88. The van der Waals surface area contributed by atoms with Crippen molar-refractivity contribution >= 4 is 46.7 Å². The Labute approximate surface area is 143 Å². The minimum atomic E-state index is -1.31. The van der Waals surface area contributed by atoms with Crippen molar-refractivity contribution in [2.45, 2.75) is 30.9 Å². The second kappa shape index (κ2) is 9.66. The molecule has 8 nitrogen and oxygen atoms in total. The first-order valence-corrected chi connectivity index (χ1v) is 8.15. The number of nitrogens with zero attached hydrogens (tertiary/aromatic N) is 1. The number of rotatable bonds is 7. The van der Waals surface area contributed by atoms with Gasteiger partial charge < -0.3 is 14.0 Å². The normalized spacial score (nSPS) is 17.6. The van der Waals surface area contributed by atoms with Crippen LogP contribution in [-0.4, -0.2) is 67.2 Å². The minimum Gasteiger partial charge on any atom is -0.497 e. The molecule has 0 unspecified atom stereocenters. The number of ether oxygens (including phenoxy) is 1. The fourth-order valence-electron chi connectivity index (χ4n) is 1.90. The van der Waals surface area contributed by atoms with Crippen molar-refractivity contribution in [3.63, 3.8) is 0 Å². The summed E-state index contributed by atoms with van der Waals surface area (Å²) in [4.78, 5) is 48.0. The molecule has 0 radical (unpaired) electrons. The second-order valence-corrected chi connectivity index (χ2v) is 6.03. The first-order chi connectivity index (χ1) is 10.8. The molecule has 1 fully saturated rings. The van der Waals surface area contributed by atoms with Crippen LogP contribution in [0.5, 0.6) is 0 Å². The zero-order valence-electron chi connectivity index (χ0n) is 13.1. The molecule has 1 saturated heterocycles. The molecule has 0 N–H and O–H groups in total. The molecule has 0 aromatic rings. The van der Waals surface area contributed by atoms with E-state index in [1.54, 1.807) is 14.0 Å². The van der Waals surface area contributed by atoms with E-state index in [9.17, 15) is 19.2 Å². The molecule has 0 aliphatic carbocycles. The molecule has 128 valence electrons. The first kappa shape index (κ1) is 19.6. The molecule has 10 heteroatoms. The summed E-state index contributed by atoms with van der Waals surface area (Å²) in [6.07, 6.45) is 0.492. The largest absolute Gasteiger partial charge is 0.621 e. The molecule has 0 amide bonds. The lowest BCUT2D eigenvalue weighted by Gasteiger charge is -2.24. The van der Waals surface area contributed by atoms with E-state index in [1.165, 1.54) is 4.90 Å². The summed E-state index contributed by atoms with van der Waals surface area (Å²) >= 11 is 3.10. The first-order valence-electron chi connectivity index (χ1n) is 7.23. The predicted molar refractivity (Wildman–Crippen MR) is 83.6 cm³/mol. The standard InChI is InChI=1S/C13H19BBrNO7/c1-3-21-10(18)6-4-5-9(17)13(15)14-22-11(19)7-16(2)8-12(20)23-14/h13H,3-8H2,1-2H3/t13-/m0/s1. The van der Waals surface area contributed by atoms with Crippen LogP contribution in [0.3, 0.4) is 0 Å². The molecule has 0 saturated carbocycles. The molecule has 1 rings (SSSR count). The van der Waals surface area contributed by atoms with Gasteiger partial charge >= 0.3 is 25.0 Å². The molecule has 0 spiro atoms. The van der Waals surface area contributed by atoms with Gasteiger partial charge in [0.15, 0.2) is 0 Å². The van der Waals surface area contributed by atoms with Gasteiger partial charge in [-0.25, -0.2) is 0 Å². The van der Waals surface area contributed by atoms with Crippen LogP contribution < -0.4 is 0 Å². The number of carbonyl (C=O) groups is 4. The summed E-state index contributed by atoms with van der Waals surface area (Å²) in [5, 5.41) is 0. The molecule has 1 aliphatic heterocycles. The van der Waals surface area contributed by atoms with Crippen LogP contribution in [0.2, 0.25) is 0 Å². The van der Waals surface area contributed by atoms with Gasteiger partial charge in [-0.15, -0.1) is 0 Å². The van der Waals surface area contributed by atoms with Crippen molar-refractivity contribution < 1.29 is 33.2 Å². The summed E-state index contributed by atoms with van der Waals surface area (Å²) in [6.45, 7) is 1.85. The predicted octanol–water partition coefficient (Wildman–Crippen LogP) is 0.112. The van der Waals surface area contributed by atoms with Gasteiger partial charge in [0.05, 0.1) is 19.7 Å². The fourth-order valence-corrected chi connectivity index (χ4v) is 2.35. The van der Waals surface area contributed by atoms with Gasteiger partial charge in [-0.1, -0.05) is 15.9 Å². The number of halogens is 1. The number of Topliss-reactive ketones (excluding diaryl/α,β-unsaturated/α-hetero) is 1. The summed E-state index contributed by atoms with van der Waals surface area (Å²) < 4.78 is 13.8. The van der Waals surface area contributed by atoms with Crippen LogP contribution in [0.4, 0.5) is 0 Å². The maximum Gasteiger partial charge on any atom is 0.621 e. The Balaban J connectivity index is 2.51. The third-order valence-electron chi connectivity index (χ3n) is 2.95. The van der Waals surface area contributed by atoms with E-state index in [2.05, 4.69) is 15.9 Å². The SMILES string of the molecule is CCOC(=O)CCCC(=O)[C@H](Br)B1OC(=O)CN(C)CC(=O)O1. The second-order valence-electron chi connectivity index (χ2n) is 5.05. The number of alkyl halides is 1. The zero-order chi connectivity index (χ0) is 17.4.